The lowest BCUT2D eigenvalue weighted by Crippen LogP contribution is -2.49. The molecule has 0 bridgehead atoms. The Kier molecular flexibility index (Phi) is 6.43. The molecule has 1 fully saturated rings. The lowest BCUT2D eigenvalue weighted by molar-refractivity contribution is 0.200. The summed E-state index contributed by atoms with van der Waals surface area (Å²) in [6.45, 7) is 5.32. The molecule has 3 aromatic carbocycles. The van der Waals surface area contributed by atoms with Crippen LogP contribution in [0.3, 0.4) is 0 Å². The van der Waals surface area contributed by atoms with Gasteiger partial charge in [0.25, 0.3) is 5.56 Å². The molecule has 1 N–H and O–H groups in total. The number of hydrogen-bond donors (Lipinski definition) is 1. The summed E-state index contributed by atoms with van der Waals surface area (Å²) in [6, 6.07) is 24.1. The highest BCUT2D eigenvalue weighted by Crippen LogP contribution is 2.29. The summed E-state index contributed by atoms with van der Waals surface area (Å²) < 4.78 is 15.2. The highest BCUT2D eigenvalue weighted by molar-refractivity contribution is 5.82. The minimum absolute atomic E-state index is 0.146. The van der Waals surface area contributed by atoms with E-state index in [-0.39, 0.29) is 11.4 Å². The number of benzene rings is 3. The maximum Gasteiger partial charge on any atom is 0.253 e. The molecule has 1 aliphatic rings. The lowest BCUT2D eigenvalue weighted by Gasteiger charge is -2.39. The summed E-state index contributed by atoms with van der Waals surface area (Å²) in [6.07, 6.45) is 0. The number of rotatable bonds is 6. The number of nitrogens with zero attached hydrogens (tertiary/aromatic N) is 6. The SMILES string of the molecule is Cc1cccc2cc(C(c3nnnn3Cc3ccccc3)N3CCN(c4ccc(F)cc4)CC3)c(=O)[nH]c12. The van der Waals surface area contributed by atoms with Crippen molar-refractivity contribution < 1.29 is 4.39 Å². The molecule has 5 aromatic rings. The smallest absolute Gasteiger partial charge is 0.253 e. The molecular formula is C29H28FN7O. The fourth-order valence-electron chi connectivity index (χ4n) is 5.27. The van der Waals surface area contributed by atoms with Crippen LogP contribution in [0, 0.1) is 12.7 Å². The predicted molar refractivity (Wildman–Crippen MR) is 145 cm³/mol. The van der Waals surface area contributed by atoms with Crippen molar-refractivity contribution in [3.8, 4) is 0 Å². The number of aromatic amines is 1. The van der Waals surface area contributed by atoms with Crippen LogP contribution in [0.2, 0.25) is 0 Å². The molecule has 8 nitrogen and oxygen atoms in total. The van der Waals surface area contributed by atoms with Crippen LogP contribution >= 0.6 is 0 Å². The Morgan fingerprint density at radius 2 is 1.71 bits per heavy atom. The number of nitrogens with one attached hydrogen (secondary N) is 1. The van der Waals surface area contributed by atoms with Crippen molar-refractivity contribution >= 4 is 16.6 Å². The van der Waals surface area contributed by atoms with Gasteiger partial charge in [-0.3, -0.25) is 9.69 Å². The number of anilines is 1. The van der Waals surface area contributed by atoms with Gasteiger partial charge in [0.2, 0.25) is 0 Å². The molecule has 0 saturated carbocycles. The van der Waals surface area contributed by atoms with E-state index in [1.54, 1.807) is 16.8 Å². The second kappa shape index (κ2) is 10.2. The topological polar surface area (TPSA) is 82.9 Å². The third kappa shape index (κ3) is 4.68. The van der Waals surface area contributed by atoms with Crippen LogP contribution in [-0.2, 0) is 6.54 Å². The van der Waals surface area contributed by atoms with E-state index in [1.807, 2.05) is 61.5 Å². The Labute approximate surface area is 219 Å². The maximum atomic E-state index is 13.5. The third-order valence-corrected chi connectivity index (χ3v) is 7.26. The van der Waals surface area contributed by atoms with Gasteiger partial charge in [-0.05, 0) is 64.2 Å². The van der Waals surface area contributed by atoms with Gasteiger partial charge >= 0.3 is 0 Å². The fraction of sp³-hybridized carbons (Fsp3) is 0.241. The molecular weight excluding hydrogens is 481 g/mol. The Morgan fingerprint density at radius 1 is 0.947 bits per heavy atom. The zero-order valence-electron chi connectivity index (χ0n) is 21.1. The van der Waals surface area contributed by atoms with E-state index in [2.05, 4.69) is 30.3 Å². The number of halogens is 1. The molecule has 1 unspecified atom stereocenters. The highest BCUT2D eigenvalue weighted by Gasteiger charge is 2.33. The number of tetrazole rings is 1. The summed E-state index contributed by atoms with van der Waals surface area (Å²) in [5.41, 5.74) is 4.38. The highest BCUT2D eigenvalue weighted by atomic mass is 19.1. The number of pyridine rings is 1. The summed E-state index contributed by atoms with van der Waals surface area (Å²) >= 11 is 0. The van der Waals surface area contributed by atoms with Crippen molar-refractivity contribution in [2.75, 3.05) is 31.1 Å². The molecule has 3 heterocycles. The van der Waals surface area contributed by atoms with E-state index >= 15 is 0 Å². The predicted octanol–water partition coefficient (Wildman–Crippen LogP) is 3.92. The Morgan fingerprint density at radius 3 is 2.47 bits per heavy atom. The van der Waals surface area contributed by atoms with Gasteiger partial charge in [0.05, 0.1) is 12.1 Å². The minimum atomic E-state index is -0.433. The quantitative estimate of drug-likeness (QED) is 0.374. The second-order valence-electron chi connectivity index (χ2n) is 9.68. The van der Waals surface area contributed by atoms with Crippen molar-refractivity contribution in [2.45, 2.75) is 19.5 Å². The van der Waals surface area contributed by atoms with Gasteiger partial charge in [-0.1, -0.05) is 48.5 Å². The minimum Gasteiger partial charge on any atom is -0.369 e. The van der Waals surface area contributed by atoms with Gasteiger partial charge in [-0.25, -0.2) is 9.07 Å². The Bertz CT molecular complexity index is 1610. The largest absolute Gasteiger partial charge is 0.369 e. The maximum absolute atomic E-state index is 13.5. The zero-order chi connectivity index (χ0) is 26.1. The van der Waals surface area contributed by atoms with Crippen molar-refractivity contribution in [1.82, 2.24) is 30.1 Å². The molecule has 0 spiro atoms. The van der Waals surface area contributed by atoms with Crippen LogP contribution < -0.4 is 10.5 Å². The van der Waals surface area contributed by atoms with Gasteiger partial charge in [0.1, 0.15) is 11.9 Å². The molecule has 9 heteroatoms. The molecule has 192 valence electrons. The van der Waals surface area contributed by atoms with Crippen molar-refractivity contribution in [3.05, 3.63) is 118 Å². The van der Waals surface area contributed by atoms with Gasteiger partial charge in [-0.15, -0.1) is 5.10 Å². The molecule has 6 rings (SSSR count). The first-order chi connectivity index (χ1) is 18.6. The van der Waals surface area contributed by atoms with Crippen LogP contribution in [0.5, 0.6) is 0 Å². The van der Waals surface area contributed by atoms with Crippen LogP contribution in [0.1, 0.15) is 28.6 Å². The van der Waals surface area contributed by atoms with E-state index in [0.29, 0.717) is 31.0 Å². The summed E-state index contributed by atoms with van der Waals surface area (Å²) in [4.78, 5) is 21.2. The van der Waals surface area contributed by atoms with Crippen LogP contribution in [0.15, 0.2) is 83.7 Å². The number of aryl methyl sites for hydroxylation is 1. The molecule has 0 aliphatic carbocycles. The van der Waals surface area contributed by atoms with Gasteiger partial charge in [0, 0.05) is 37.4 Å². The number of H-pyrrole nitrogens is 1. The lowest BCUT2D eigenvalue weighted by atomic mass is 10.0. The zero-order valence-corrected chi connectivity index (χ0v) is 21.1. The average molecular weight is 510 g/mol. The standard InChI is InChI=1S/C29H28FN7O/c1-20-6-5-9-22-18-25(29(38)31-26(20)22)27(28-32-33-34-37(28)19-21-7-3-2-4-8-21)36-16-14-35(15-17-36)24-12-10-23(30)11-13-24/h2-13,18,27H,14-17,19H2,1H3,(H,31,38). The molecule has 1 aliphatic heterocycles. The summed E-state index contributed by atoms with van der Waals surface area (Å²) in [5, 5.41) is 13.7. The van der Waals surface area contributed by atoms with E-state index in [4.69, 9.17) is 0 Å². The van der Waals surface area contributed by atoms with Crippen molar-refractivity contribution in [2.24, 2.45) is 0 Å². The first-order valence-electron chi connectivity index (χ1n) is 12.7. The number of aromatic nitrogens is 5. The number of fused-ring (bicyclic) bond motifs is 1. The van der Waals surface area contributed by atoms with Crippen molar-refractivity contribution in [3.63, 3.8) is 0 Å². The molecule has 2 aromatic heterocycles. The van der Waals surface area contributed by atoms with Crippen LogP contribution in [0.25, 0.3) is 10.9 Å². The Hall–Kier alpha value is -4.37. The first kappa shape index (κ1) is 24.0. The molecule has 0 radical (unpaired) electrons. The third-order valence-electron chi connectivity index (χ3n) is 7.26. The second-order valence-corrected chi connectivity index (χ2v) is 9.68. The average Bonchev–Trinajstić information content (AvgIpc) is 3.39. The fourth-order valence-corrected chi connectivity index (χ4v) is 5.27. The summed E-state index contributed by atoms with van der Waals surface area (Å²) in [5.74, 6) is 0.380. The van der Waals surface area contributed by atoms with E-state index in [9.17, 15) is 9.18 Å². The Balaban J connectivity index is 1.38. The number of para-hydroxylation sites is 1. The van der Waals surface area contributed by atoms with Crippen molar-refractivity contribution in [1.29, 1.82) is 0 Å². The number of piperazine rings is 1. The van der Waals surface area contributed by atoms with Gasteiger partial charge < -0.3 is 9.88 Å². The molecule has 1 saturated heterocycles. The number of hydrogen-bond acceptors (Lipinski definition) is 6. The van der Waals surface area contributed by atoms with Crippen LogP contribution in [-0.4, -0.2) is 56.3 Å². The van der Waals surface area contributed by atoms with Crippen LogP contribution in [0.4, 0.5) is 10.1 Å². The monoisotopic (exact) mass is 509 g/mol. The van der Waals surface area contributed by atoms with Gasteiger partial charge in [0.15, 0.2) is 5.82 Å². The molecule has 38 heavy (non-hydrogen) atoms. The van der Waals surface area contributed by atoms with E-state index in [0.717, 1.165) is 40.8 Å². The van der Waals surface area contributed by atoms with E-state index < -0.39 is 6.04 Å². The van der Waals surface area contributed by atoms with E-state index in [1.165, 1.54) is 12.1 Å². The van der Waals surface area contributed by atoms with Gasteiger partial charge in [-0.2, -0.15) is 0 Å². The molecule has 1 atom stereocenters. The first-order valence-corrected chi connectivity index (χ1v) is 12.7. The summed E-state index contributed by atoms with van der Waals surface area (Å²) in [7, 11) is 0. The molecule has 0 amide bonds. The normalized spacial score (nSPS) is 15.2.